The quantitative estimate of drug-likeness (QED) is 0.819. The van der Waals surface area contributed by atoms with Crippen molar-refractivity contribution in [3.05, 3.63) is 60.2 Å². The second-order valence-corrected chi connectivity index (χ2v) is 4.21. The van der Waals surface area contributed by atoms with Crippen molar-refractivity contribution in [1.82, 2.24) is 0 Å². The monoisotopic (exact) mass is 239 g/mol. The molecule has 0 amide bonds. The normalized spacial score (nSPS) is 17.2. The summed E-state index contributed by atoms with van der Waals surface area (Å²) in [5, 5.41) is 3.22. The van der Waals surface area contributed by atoms with E-state index in [1.165, 1.54) is 0 Å². The number of anilines is 1. The molecular weight excluding hydrogens is 226 g/mol. The fourth-order valence-corrected chi connectivity index (χ4v) is 2.05. The number of nitrogens with one attached hydrogen (secondary N) is 1. The Hall–Kier alpha value is -2.29. The van der Waals surface area contributed by atoms with Crippen LogP contribution < -0.4 is 10.1 Å². The first-order chi connectivity index (χ1) is 8.84. The fourth-order valence-electron chi connectivity index (χ4n) is 2.05. The molecule has 1 aliphatic heterocycles. The van der Waals surface area contributed by atoms with Gasteiger partial charge in [-0.2, -0.15) is 0 Å². The number of hydrogen-bond acceptors (Lipinski definition) is 3. The third-order valence-corrected chi connectivity index (χ3v) is 2.98. The van der Waals surface area contributed by atoms with Crippen LogP contribution >= 0.6 is 0 Å². The minimum atomic E-state index is -0.456. The molecule has 90 valence electrons. The van der Waals surface area contributed by atoms with Gasteiger partial charge in [0.25, 0.3) is 0 Å². The summed E-state index contributed by atoms with van der Waals surface area (Å²) in [7, 11) is 0. The Kier molecular flexibility index (Phi) is 2.73. The molecule has 0 saturated heterocycles. The number of carbonyl (C=O) groups excluding carboxylic acids is 1. The maximum atomic E-state index is 12.2. The molecule has 3 rings (SSSR count). The van der Waals surface area contributed by atoms with E-state index in [1.807, 2.05) is 54.6 Å². The minimum absolute atomic E-state index is 0.0117. The van der Waals surface area contributed by atoms with E-state index < -0.39 is 6.10 Å². The predicted octanol–water partition coefficient (Wildman–Crippen LogP) is 2.74. The number of Topliss-reactive ketones (excluding diaryl/α,β-unsaturated/α-hetero) is 1. The van der Waals surface area contributed by atoms with E-state index in [9.17, 15) is 4.79 Å². The predicted molar refractivity (Wildman–Crippen MR) is 70.1 cm³/mol. The average molecular weight is 239 g/mol. The van der Waals surface area contributed by atoms with E-state index >= 15 is 0 Å². The van der Waals surface area contributed by atoms with E-state index in [0.29, 0.717) is 12.1 Å². The van der Waals surface area contributed by atoms with Crippen molar-refractivity contribution in [1.29, 1.82) is 0 Å². The molecule has 1 aliphatic rings. The van der Waals surface area contributed by atoms with Crippen LogP contribution in [0.4, 0.5) is 5.69 Å². The van der Waals surface area contributed by atoms with Gasteiger partial charge in [0.2, 0.25) is 5.78 Å². The number of benzene rings is 2. The first kappa shape index (κ1) is 10.8. The topological polar surface area (TPSA) is 38.3 Å². The van der Waals surface area contributed by atoms with E-state index in [0.717, 1.165) is 11.4 Å². The lowest BCUT2D eigenvalue weighted by atomic mass is 10.1. The summed E-state index contributed by atoms with van der Waals surface area (Å²) in [6.45, 7) is 0.505. The zero-order chi connectivity index (χ0) is 12.4. The average Bonchev–Trinajstić information content (AvgIpc) is 2.47. The van der Waals surface area contributed by atoms with Crippen LogP contribution in [0.25, 0.3) is 0 Å². The Bertz CT molecular complexity index is 566. The minimum Gasteiger partial charge on any atom is -0.478 e. The zero-order valence-electron chi connectivity index (χ0n) is 9.80. The molecule has 0 bridgehead atoms. The summed E-state index contributed by atoms with van der Waals surface area (Å²) < 4.78 is 5.74. The molecule has 0 spiro atoms. The summed E-state index contributed by atoms with van der Waals surface area (Å²) in [5.74, 6) is 0.746. The Morgan fingerprint density at radius 2 is 1.78 bits per heavy atom. The number of para-hydroxylation sites is 2. The SMILES string of the molecule is O=C(c1ccccc1)C1CNc2ccccc2O1. The van der Waals surface area contributed by atoms with Crippen molar-refractivity contribution in [3.63, 3.8) is 0 Å². The Labute approximate surface area is 105 Å². The first-order valence-electron chi connectivity index (χ1n) is 5.93. The van der Waals surface area contributed by atoms with E-state index in [-0.39, 0.29) is 5.78 Å². The number of hydrogen-bond donors (Lipinski definition) is 1. The second kappa shape index (κ2) is 4.53. The molecule has 18 heavy (non-hydrogen) atoms. The van der Waals surface area contributed by atoms with Crippen molar-refractivity contribution in [3.8, 4) is 5.75 Å². The molecule has 0 fully saturated rings. The summed E-state index contributed by atoms with van der Waals surface area (Å²) in [5.41, 5.74) is 1.62. The van der Waals surface area contributed by atoms with Crippen LogP contribution in [0.15, 0.2) is 54.6 Å². The van der Waals surface area contributed by atoms with E-state index in [2.05, 4.69) is 5.32 Å². The Morgan fingerprint density at radius 3 is 2.61 bits per heavy atom. The van der Waals surface area contributed by atoms with Gasteiger partial charge in [-0.15, -0.1) is 0 Å². The summed E-state index contributed by atoms with van der Waals surface area (Å²) in [6.07, 6.45) is -0.456. The highest BCUT2D eigenvalue weighted by Crippen LogP contribution is 2.28. The highest BCUT2D eigenvalue weighted by Gasteiger charge is 2.26. The van der Waals surface area contributed by atoms with Crippen molar-refractivity contribution < 1.29 is 9.53 Å². The Morgan fingerprint density at radius 1 is 1.06 bits per heavy atom. The molecule has 3 heteroatoms. The standard InChI is InChI=1S/C15H13NO2/c17-15(11-6-2-1-3-7-11)14-10-16-12-8-4-5-9-13(12)18-14/h1-9,14,16H,10H2. The molecule has 2 aromatic rings. The molecule has 0 saturated carbocycles. The number of carbonyl (C=O) groups is 1. The van der Waals surface area contributed by atoms with Crippen molar-refractivity contribution in [2.24, 2.45) is 0 Å². The third-order valence-electron chi connectivity index (χ3n) is 2.98. The van der Waals surface area contributed by atoms with Gasteiger partial charge < -0.3 is 10.1 Å². The van der Waals surface area contributed by atoms with Gasteiger partial charge in [-0.1, -0.05) is 42.5 Å². The molecule has 2 aromatic carbocycles. The fraction of sp³-hybridized carbons (Fsp3) is 0.133. The molecule has 0 aliphatic carbocycles. The number of rotatable bonds is 2. The highest BCUT2D eigenvalue weighted by molar-refractivity contribution is 6.00. The Balaban J connectivity index is 1.82. The molecule has 3 nitrogen and oxygen atoms in total. The van der Waals surface area contributed by atoms with Gasteiger partial charge in [0.15, 0.2) is 6.10 Å². The first-order valence-corrected chi connectivity index (χ1v) is 5.93. The maximum absolute atomic E-state index is 12.2. The van der Waals surface area contributed by atoms with Gasteiger partial charge >= 0.3 is 0 Å². The number of ketones is 1. The van der Waals surface area contributed by atoms with Crippen LogP contribution in [-0.2, 0) is 0 Å². The van der Waals surface area contributed by atoms with Crippen LogP contribution in [0, 0.1) is 0 Å². The van der Waals surface area contributed by atoms with Gasteiger partial charge in [0.05, 0.1) is 12.2 Å². The number of fused-ring (bicyclic) bond motifs is 1. The maximum Gasteiger partial charge on any atom is 0.205 e. The van der Waals surface area contributed by atoms with Crippen molar-refractivity contribution in [2.75, 3.05) is 11.9 Å². The third kappa shape index (κ3) is 1.95. The van der Waals surface area contributed by atoms with E-state index in [1.54, 1.807) is 0 Å². The van der Waals surface area contributed by atoms with Gasteiger partial charge in [-0.25, -0.2) is 0 Å². The van der Waals surface area contributed by atoms with Crippen LogP contribution in [0.2, 0.25) is 0 Å². The molecule has 1 N–H and O–H groups in total. The van der Waals surface area contributed by atoms with E-state index in [4.69, 9.17) is 4.74 Å². The second-order valence-electron chi connectivity index (χ2n) is 4.21. The summed E-state index contributed by atoms with van der Waals surface area (Å²) >= 11 is 0. The molecule has 1 unspecified atom stereocenters. The summed E-state index contributed by atoms with van der Waals surface area (Å²) in [4.78, 5) is 12.2. The lowest BCUT2D eigenvalue weighted by Crippen LogP contribution is -2.37. The van der Waals surface area contributed by atoms with Crippen LogP contribution in [0.5, 0.6) is 5.75 Å². The van der Waals surface area contributed by atoms with Crippen molar-refractivity contribution >= 4 is 11.5 Å². The van der Waals surface area contributed by atoms with Gasteiger partial charge in [-0.3, -0.25) is 4.79 Å². The zero-order valence-corrected chi connectivity index (χ0v) is 9.80. The van der Waals surface area contributed by atoms with Gasteiger partial charge in [-0.05, 0) is 12.1 Å². The highest BCUT2D eigenvalue weighted by atomic mass is 16.5. The molecule has 1 atom stereocenters. The molecule has 0 radical (unpaired) electrons. The van der Waals surface area contributed by atoms with Crippen LogP contribution in [-0.4, -0.2) is 18.4 Å². The number of ether oxygens (including phenoxy) is 1. The van der Waals surface area contributed by atoms with Crippen molar-refractivity contribution in [2.45, 2.75) is 6.10 Å². The lowest BCUT2D eigenvalue weighted by molar-refractivity contribution is 0.0801. The van der Waals surface area contributed by atoms with Crippen LogP contribution in [0.1, 0.15) is 10.4 Å². The molecule has 1 heterocycles. The molecule has 0 aromatic heterocycles. The smallest absolute Gasteiger partial charge is 0.205 e. The van der Waals surface area contributed by atoms with Crippen LogP contribution in [0.3, 0.4) is 0 Å². The van der Waals surface area contributed by atoms with Gasteiger partial charge in [0, 0.05) is 5.56 Å². The largest absolute Gasteiger partial charge is 0.478 e. The molecular formula is C15H13NO2. The lowest BCUT2D eigenvalue weighted by Gasteiger charge is -2.26. The van der Waals surface area contributed by atoms with Gasteiger partial charge in [0.1, 0.15) is 5.75 Å². The summed E-state index contributed by atoms with van der Waals surface area (Å²) in [6, 6.07) is 16.9.